The SMILES string of the molecule is CCOC(=O)C=C(C)N=NC(=O)OCC. The summed E-state index contributed by atoms with van der Waals surface area (Å²) in [5.74, 6) is -0.516. The van der Waals surface area contributed by atoms with Crippen molar-refractivity contribution in [2.45, 2.75) is 20.8 Å². The van der Waals surface area contributed by atoms with Crippen molar-refractivity contribution in [1.82, 2.24) is 0 Å². The smallest absolute Gasteiger partial charge is 0.452 e. The van der Waals surface area contributed by atoms with Gasteiger partial charge in [0.15, 0.2) is 0 Å². The van der Waals surface area contributed by atoms with Crippen LogP contribution in [0.1, 0.15) is 20.8 Å². The Balaban J connectivity index is 4.16. The van der Waals surface area contributed by atoms with E-state index in [1.54, 1.807) is 13.8 Å². The van der Waals surface area contributed by atoms with Crippen molar-refractivity contribution in [2.24, 2.45) is 10.2 Å². The van der Waals surface area contributed by atoms with Crippen LogP contribution in [0.5, 0.6) is 0 Å². The summed E-state index contributed by atoms with van der Waals surface area (Å²) in [6.45, 7) is 5.41. The molecule has 0 aliphatic carbocycles. The minimum absolute atomic E-state index is 0.235. The molecule has 0 unspecified atom stereocenters. The van der Waals surface area contributed by atoms with Gasteiger partial charge in [-0.15, -0.1) is 5.11 Å². The minimum Gasteiger partial charge on any atom is -0.463 e. The van der Waals surface area contributed by atoms with E-state index in [9.17, 15) is 9.59 Å². The van der Waals surface area contributed by atoms with E-state index in [2.05, 4.69) is 19.7 Å². The Labute approximate surface area is 88.0 Å². The topological polar surface area (TPSA) is 77.3 Å². The van der Waals surface area contributed by atoms with Crippen LogP contribution in [0, 0.1) is 0 Å². The molecule has 15 heavy (non-hydrogen) atoms. The maximum atomic E-state index is 10.9. The lowest BCUT2D eigenvalue weighted by Gasteiger charge is -1.95. The molecule has 0 aromatic heterocycles. The molecule has 0 fully saturated rings. The van der Waals surface area contributed by atoms with Crippen molar-refractivity contribution >= 4 is 12.1 Å². The molecule has 0 N–H and O–H groups in total. The van der Waals surface area contributed by atoms with Crippen LogP contribution in [-0.2, 0) is 14.3 Å². The molecule has 0 atom stereocenters. The lowest BCUT2D eigenvalue weighted by Crippen LogP contribution is -2.00. The van der Waals surface area contributed by atoms with E-state index in [-0.39, 0.29) is 18.9 Å². The van der Waals surface area contributed by atoms with Gasteiger partial charge in [0.2, 0.25) is 0 Å². The molecular weight excluding hydrogens is 200 g/mol. The predicted octanol–water partition coefficient (Wildman–Crippen LogP) is 2.06. The van der Waals surface area contributed by atoms with Crippen LogP contribution in [0.15, 0.2) is 22.0 Å². The molecule has 0 radical (unpaired) electrons. The summed E-state index contributed by atoms with van der Waals surface area (Å²) in [4.78, 5) is 21.6. The van der Waals surface area contributed by atoms with E-state index < -0.39 is 12.1 Å². The molecular formula is C9H14N2O4. The molecule has 0 aromatic rings. The highest BCUT2D eigenvalue weighted by Crippen LogP contribution is 1.98. The fourth-order valence-electron chi connectivity index (χ4n) is 0.655. The molecule has 0 saturated heterocycles. The minimum atomic E-state index is -0.783. The van der Waals surface area contributed by atoms with Crippen molar-refractivity contribution in [3.63, 3.8) is 0 Å². The molecule has 0 heterocycles. The fourth-order valence-corrected chi connectivity index (χ4v) is 0.655. The summed E-state index contributed by atoms with van der Waals surface area (Å²) >= 11 is 0. The van der Waals surface area contributed by atoms with Gasteiger partial charge in [-0.2, -0.15) is 0 Å². The largest absolute Gasteiger partial charge is 0.463 e. The summed E-state index contributed by atoms with van der Waals surface area (Å²) in [5, 5.41) is 6.69. The van der Waals surface area contributed by atoms with Crippen LogP contribution in [-0.4, -0.2) is 25.3 Å². The van der Waals surface area contributed by atoms with Crippen LogP contribution in [0.25, 0.3) is 0 Å². The maximum absolute atomic E-state index is 10.9. The van der Waals surface area contributed by atoms with E-state index in [1.165, 1.54) is 6.92 Å². The van der Waals surface area contributed by atoms with E-state index in [0.717, 1.165) is 6.08 Å². The first-order valence-electron chi connectivity index (χ1n) is 4.53. The number of carbonyl (C=O) groups excluding carboxylic acids is 2. The number of nitrogens with zero attached hydrogens (tertiary/aromatic N) is 2. The van der Waals surface area contributed by atoms with E-state index in [1.807, 2.05) is 0 Å². The van der Waals surface area contributed by atoms with Crippen LogP contribution in [0.4, 0.5) is 4.79 Å². The number of esters is 1. The Bertz CT molecular complexity index is 284. The van der Waals surface area contributed by atoms with Gasteiger partial charge >= 0.3 is 12.1 Å². The van der Waals surface area contributed by atoms with Gasteiger partial charge in [0, 0.05) is 6.08 Å². The third-order valence-corrected chi connectivity index (χ3v) is 1.17. The van der Waals surface area contributed by atoms with Gasteiger partial charge < -0.3 is 9.47 Å². The van der Waals surface area contributed by atoms with Crippen LogP contribution in [0.2, 0.25) is 0 Å². The van der Waals surface area contributed by atoms with E-state index in [4.69, 9.17) is 0 Å². The van der Waals surface area contributed by atoms with Crippen molar-refractivity contribution in [2.75, 3.05) is 13.2 Å². The Kier molecular flexibility index (Phi) is 6.78. The predicted molar refractivity (Wildman–Crippen MR) is 52.3 cm³/mol. The van der Waals surface area contributed by atoms with Gasteiger partial charge in [-0.3, -0.25) is 0 Å². The third kappa shape index (κ3) is 7.36. The van der Waals surface area contributed by atoms with Crippen molar-refractivity contribution in [1.29, 1.82) is 0 Å². The standard InChI is InChI=1S/C9H14N2O4/c1-4-14-8(12)6-7(3)10-11-9(13)15-5-2/h6H,4-5H2,1-3H3. The average Bonchev–Trinajstić information content (AvgIpc) is 2.15. The number of rotatable bonds is 4. The number of hydrogen-bond acceptors (Lipinski definition) is 5. The highest BCUT2D eigenvalue weighted by molar-refractivity contribution is 5.82. The van der Waals surface area contributed by atoms with Gasteiger partial charge in [-0.1, -0.05) is 5.11 Å². The summed E-state index contributed by atoms with van der Waals surface area (Å²) < 4.78 is 9.14. The molecule has 1 amide bonds. The zero-order chi connectivity index (χ0) is 11.7. The zero-order valence-electron chi connectivity index (χ0n) is 9.02. The molecule has 0 bridgehead atoms. The Morgan fingerprint density at radius 3 is 2.27 bits per heavy atom. The van der Waals surface area contributed by atoms with Gasteiger partial charge in [0.25, 0.3) is 0 Å². The zero-order valence-corrected chi connectivity index (χ0v) is 9.02. The van der Waals surface area contributed by atoms with E-state index in [0.29, 0.717) is 0 Å². The number of amides is 1. The van der Waals surface area contributed by atoms with Crippen molar-refractivity contribution < 1.29 is 19.1 Å². The molecule has 0 saturated carbocycles. The molecule has 6 heteroatoms. The Morgan fingerprint density at radius 1 is 1.13 bits per heavy atom. The molecule has 0 spiro atoms. The number of allylic oxidation sites excluding steroid dienone is 1. The van der Waals surface area contributed by atoms with Gasteiger partial charge in [-0.25, -0.2) is 9.59 Å². The van der Waals surface area contributed by atoms with Crippen molar-refractivity contribution in [3.8, 4) is 0 Å². The molecule has 0 aromatic carbocycles. The first-order chi connectivity index (χ1) is 7.10. The number of hydrogen-bond donors (Lipinski definition) is 0. The first-order valence-corrected chi connectivity index (χ1v) is 4.53. The van der Waals surface area contributed by atoms with Crippen molar-refractivity contribution in [3.05, 3.63) is 11.8 Å². The molecule has 0 aliphatic heterocycles. The fraction of sp³-hybridized carbons (Fsp3) is 0.556. The molecule has 0 rings (SSSR count). The molecule has 0 aliphatic rings. The van der Waals surface area contributed by atoms with Crippen LogP contribution in [0.3, 0.4) is 0 Å². The monoisotopic (exact) mass is 214 g/mol. The summed E-state index contributed by atoms with van der Waals surface area (Å²) in [5.41, 5.74) is 0.279. The van der Waals surface area contributed by atoms with Gasteiger partial charge in [0.05, 0.1) is 18.9 Å². The third-order valence-electron chi connectivity index (χ3n) is 1.17. The highest BCUT2D eigenvalue weighted by atomic mass is 16.5. The highest BCUT2D eigenvalue weighted by Gasteiger charge is 1.99. The van der Waals surface area contributed by atoms with Crippen LogP contribution < -0.4 is 0 Å². The number of azo groups is 1. The normalized spacial score (nSPS) is 11.5. The quantitative estimate of drug-likeness (QED) is 0.407. The average molecular weight is 214 g/mol. The molecule has 84 valence electrons. The second-order valence-electron chi connectivity index (χ2n) is 2.44. The van der Waals surface area contributed by atoms with Crippen LogP contribution >= 0.6 is 0 Å². The summed E-state index contributed by atoms with van der Waals surface area (Å²) in [6, 6.07) is 0. The first kappa shape index (κ1) is 13.3. The molecule has 6 nitrogen and oxygen atoms in total. The number of carbonyl (C=O) groups is 2. The Hall–Kier alpha value is -1.72. The maximum Gasteiger partial charge on any atom is 0.452 e. The Morgan fingerprint density at radius 2 is 1.73 bits per heavy atom. The summed E-state index contributed by atoms with van der Waals surface area (Å²) in [6.07, 6.45) is 0.362. The summed E-state index contributed by atoms with van der Waals surface area (Å²) in [7, 11) is 0. The number of ether oxygens (including phenoxy) is 2. The van der Waals surface area contributed by atoms with Gasteiger partial charge in [-0.05, 0) is 20.8 Å². The lowest BCUT2D eigenvalue weighted by molar-refractivity contribution is -0.137. The van der Waals surface area contributed by atoms with Gasteiger partial charge in [0.1, 0.15) is 0 Å². The second-order valence-corrected chi connectivity index (χ2v) is 2.44. The lowest BCUT2D eigenvalue weighted by atomic mass is 10.4. The van der Waals surface area contributed by atoms with E-state index >= 15 is 0 Å². The second kappa shape index (κ2) is 7.66.